The zero-order valence-electron chi connectivity index (χ0n) is 9.49. The van der Waals surface area contributed by atoms with Gasteiger partial charge in [-0.05, 0) is 37.0 Å². The molecule has 0 bridgehead atoms. The predicted molar refractivity (Wildman–Crippen MR) is 64.1 cm³/mol. The summed E-state index contributed by atoms with van der Waals surface area (Å²) in [5, 5.41) is 0. The van der Waals surface area contributed by atoms with Crippen molar-refractivity contribution < 1.29 is 4.74 Å². The molecule has 2 N–H and O–H groups in total. The molecule has 1 rings (SSSR count). The maximum atomic E-state index is 6.05. The van der Waals surface area contributed by atoms with E-state index in [9.17, 15) is 0 Å². The van der Waals surface area contributed by atoms with Gasteiger partial charge in [0.2, 0.25) is 0 Å². The summed E-state index contributed by atoms with van der Waals surface area (Å²) < 4.78 is 5.26. The zero-order valence-corrected chi connectivity index (χ0v) is 9.49. The number of allylic oxidation sites excluding steroid dienone is 1. The average Bonchev–Trinajstić information content (AvgIpc) is 2.26. The first-order valence-electron chi connectivity index (χ1n) is 5.20. The van der Waals surface area contributed by atoms with Gasteiger partial charge in [-0.25, -0.2) is 0 Å². The minimum Gasteiger partial charge on any atom is -0.496 e. The van der Waals surface area contributed by atoms with Gasteiger partial charge in [-0.1, -0.05) is 18.2 Å². The second kappa shape index (κ2) is 5.56. The van der Waals surface area contributed by atoms with E-state index in [1.165, 1.54) is 0 Å². The lowest BCUT2D eigenvalue weighted by Gasteiger charge is -2.13. The number of hydrogen-bond acceptors (Lipinski definition) is 2. The minimum absolute atomic E-state index is 0.0671. The van der Waals surface area contributed by atoms with E-state index in [-0.39, 0.29) is 6.04 Å². The number of nitrogens with two attached hydrogens (primary N) is 1. The van der Waals surface area contributed by atoms with Crippen molar-refractivity contribution in [2.24, 2.45) is 5.73 Å². The van der Waals surface area contributed by atoms with Crippen molar-refractivity contribution in [3.63, 3.8) is 0 Å². The summed E-state index contributed by atoms with van der Waals surface area (Å²) in [4.78, 5) is 0. The normalized spacial score (nSPS) is 12.2. The van der Waals surface area contributed by atoms with Gasteiger partial charge in [0.05, 0.1) is 7.11 Å². The minimum atomic E-state index is 0.0671. The molecule has 0 heterocycles. The Bertz CT molecular complexity index is 333. The van der Waals surface area contributed by atoms with Crippen LogP contribution in [0, 0.1) is 6.92 Å². The van der Waals surface area contributed by atoms with Crippen LogP contribution < -0.4 is 10.5 Å². The molecule has 0 aliphatic carbocycles. The summed E-state index contributed by atoms with van der Waals surface area (Å²) in [5.74, 6) is 0.904. The summed E-state index contributed by atoms with van der Waals surface area (Å²) in [6, 6.07) is 6.19. The van der Waals surface area contributed by atoms with Crippen molar-refractivity contribution in [2.45, 2.75) is 25.8 Å². The zero-order chi connectivity index (χ0) is 11.3. The first kappa shape index (κ1) is 11.8. The monoisotopic (exact) mass is 205 g/mol. The van der Waals surface area contributed by atoms with Gasteiger partial charge >= 0.3 is 0 Å². The van der Waals surface area contributed by atoms with E-state index in [0.29, 0.717) is 0 Å². The van der Waals surface area contributed by atoms with Crippen LogP contribution in [0.15, 0.2) is 30.9 Å². The first-order chi connectivity index (χ1) is 7.19. The van der Waals surface area contributed by atoms with Crippen LogP contribution in [-0.4, -0.2) is 7.11 Å². The van der Waals surface area contributed by atoms with E-state index in [2.05, 4.69) is 12.6 Å². The molecule has 0 saturated carbocycles. The maximum absolute atomic E-state index is 6.05. The smallest absolute Gasteiger partial charge is 0.122 e. The fraction of sp³-hybridized carbons (Fsp3) is 0.385. The largest absolute Gasteiger partial charge is 0.496 e. The lowest BCUT2D eigenvalue weighted by molar-refractivity contribution is 0.410. The van der Waals surface area contributed by atoms with Crippen LogP contribution in [0.4, 0.5) is 0 Å². The number of ether oxygens (including phenoxy) is 1. The van der Waals surface area contributed by atoms with Crippen molar-refractivity contribution in [1.29, 1.82) is 0 Å². The van der Waals surface area contributed by atoms with Crippen molar-refractivity contribution in [3.05, 3.63) is 42.0 Å². The van der Waals surface area contributed by atoms with Crippen molar-refractivity contribution in [2.75, 3.05) is 7.11 Å². The summed E-state index contributed by atoms with van der Waals surface area (Å²) in [7, 11) is 1.68. The van der Waals surface area contributed by atoms with Gasteiger partial charge in [0, 0.05) is 6.04 Å². The van der Waals surface area contributed by atoms with Crippen LogP contribution in [0.25, 0.3) is 0 Å². The maximum Gasteiger partial charge on any atom is 0.122 e. The molecular weight excluding hydrogens is 186 g/mol. The van der Waals surface area contributed by atoms with Crippen LogP contribution in [0.5, 0.6) is 5.75 Å². The topological polar surface area (TPSA) is 35.2 Å². The molecule has 1 aromatic carbocycles. The van der Waals surface area contributed by atoms with Crippen LogP contribution >= 0.6 is 0 Å². The second-order valence-corrected chi connectivity index (χ2v) is 3.70. The van der Waals surface area contributed by atoms with Gasteiger partial charge < -0.3 is 10.5 Å². The Labute approximate surface area is 91.7 Å². The molecule has 2 nitrogen and oxygen atoms in total. The highest BCUT2D eigenvalue weighted by Crippen LogP contribution is 2.24. The van der Waals surface area contributed by atoms with Gasteiger partial charge in [0.15, 0.2) is 0 Å². The first-order valence-corrected chi connectivity index (χ1v) is 5.20. The molecule has 1 unspecified atom stereocenters. The fourth-order valence-corrected chi connectivity index (χ4v) is 1.53. The SMILES string of the molecule is C=CCCC(N)c1ccc(C)c(OC)c1. The van der Waals surface area contributed by atoms with Crippen LogP contribution in [0.2, 0.25) is 0 Å². The number of aryl methyl sites for hydroxylation is 1. The Morgan fingerprint density at radius 3 is 2.87 bits per heavy atom. The van der Waals surface area contributed by atoms with Gasteiger partial charge in [0.1, 0.15) is 5.75 Å². The Balaban J connectivity index is 2.80. The quantitative estimate of drug-likeness (QED) is 0.750. The number of benzene rings is 1. The summed E-state index contributed by atoms with van der Waals surface area (Å²) in [5.41, 5.74) is 8.31. The molecule has 0 aliphatic heterocycles. The average molecular weight is 205 g/mol. The molecule has 2 heteroatoms. The third-order valence-electron chi connectivity index (χ3n) is 2.54. The van der Waals surface area contributed by atoms with Crippen molar-refractivity contribution in [3.8, 4) is 5.75 Å². The number of rotatable bonds is 5. The predicted octanol–water partition coefficient (Wildman–Crippen LogP) is 2.97. The molecule has 0 aliphatic rings. The Morgan fingerprint density at radius 2 is 2.27 bits per heavy atom. The molecule has 0 aromatic heterocycles. The van der Waals surface area contributed by atoms with Crippen LogP contribution in [-0.2, 0) is 0 Å². The van der Waals surface area contributed by atoms with E-state index >= 15 is 0 Å². The Morgan fingerprint density at radius 1 is 1.53 bits per heavy atom. The van der Waals surface area contributed by atoms with Gasteiger partial charge in [0.25, 0.3) is 0 Å². The van der Waals surface area contributed by atoms with Gasteiger partial charge in [-0.15, -0.1) is 6.58 Å². The molecule has 0 fully saturated rings. The summed E-state index contributed by atoms with van der Waals surface area (Å²) in [6.45, 7) is 5.72. The Hall–Kier alpha value is -1.28. The van der Waals surface area contributed by atoms with Crippen molar-refractivity contribution >= 4 is 0 Å². The van der Waals surface area contributed by atoms with E-state index in [4.69, 9.17) is 10.5 Å². The molecule has 0 radical (unpaired) electrons. The molecule has 1 atom stereocenters. The van der Waals surface area contributed by atoms with Gasteiger partial charge in [-0.3, -0.25) is 0 Å². The Kier molecular flexibility index (Phi) is 4.37. The molecule has 82 valence electrons. The van der Waals surface area contributed by atoms with Gasteiger partial charge in [-0.2, -0.15) is 0 Å². The second-order valence-electron chi connectivity index (χ2n) is 3.70. The molecule has 0 amide bonds. The van der Waals surface area contributed by atoms with Crippen LogP contribution in [0.1, 0.15) is 30.0 Å². The lowest BCUT2D eigenvalue weighted by Crippen LogP contribution is -2.10. The third-order valence-corrected chi connectivity index (χ3v) is 2.54. The molecule has 0 saturated heterocycles. The van der Waals surface area contributed by atoms with E-state index < -0.39 is 0 Å². The summed E-state index contributed by atoms with van der Waals surface area (Å²) in [6.07, 6.45) is 3.76. The highest BCUT2D eigenvalue weighted by atomic mass is 16.5. The molecule has 1 aromatic rings. The molecular formula is C13H19NO. The van der Waals surface area contributed by atoms with E-state index in [0.717, 1.165) is 29.7 Å². The lowest BCUT2D eigenvalue weighted by atomic mass is 10.0. The number of hydrogen-bond donors (Lipinski definition) is 1. The van der Waals surface area contributed by atoms with E-state index in [1.54, 1.807) is 7.11 Å². The third kappa shape index (κ3) is 3.10. The number of methoxy groups -OCH3 is 1. The van der Waals surface area contributed by atoms with Crippen LogP contribution in [0.3, 0.4) is 0 Å². The van der Waals surface area contributed by atoms with E-state index in [1.807, 2.05) is 25.1 Å². The molecule has 15 heavy (non-hydrogen) atoms. The summed E-state index contributed by atoms with van der Waals surface area (Å²) >= 11 is 0. The molecule has 0 spiro atoms. The highest BCUT2D eigenvalue weighted by Gasteiger charge is 2.07. The highest BCUT2D eigenvalue weighted by molar-refractivity contribution is 5.37. The fourth-order valence-electron chi connectivity index (χ4n) is 1.53. The standard InChI is InChI=1S/C13H19NO/c1-4-5-6-12(14)11-8-7-10(2)13(9-11)15-3/h4,7-9,12H,1,5-6,14H2,2-3H3. The van der Waals surface area contributed by atoms with Crippen molar-refractivity contribution in [1.82, 2.24) is 0 Å².